The summed E-state index contributed by atoms with van der Waals surface area (Å²) in [6.45, 7) is 1.91. The zero-order chi connectivity index (χ0) is 26.3. The van der Waals surface area contributed by atoms with Gasteiger partial charge in [0.15, 0.2) is 22.6 Å². The highest BCUT2D eigenvalue weighted by Crippen LogP contribution is 2.59. The summed E-state index contributed by atoms with van der Waals surface area (Å²) in [5, 5.41) is 21.4. The first-order chi connectivity index (χ1) is 18.3. The molecular formula is C29H28N2O7. The summed E-state index contributed by atoms with van der Waals surface area (Å²) >= 11 is 0. The summed E-state index contributed by atoms with van der Waals surface area (Å²) < 4.78 is 23.0. The van der Waals surface area contributed by atoms with Crippen LogP contribution in [0.2, 0.25) is 0 Å². The van der Waals surface area contributed by atoms with Crippen molar-refractivity contribution in [3.05, 3.63) is 52.8 Å². The molecule has 9 heteroatoms. The molecule has 2 amide bonds. The van der Waals surface area contributed by atoms with Gasteiger partial charge in [-0.2, -0.15) is 5.26 Å². The molecule has 4 atom stereocenters. The van der Waals surface area contributed by atoms with Crippen molar-refractivity contribution >= 4 is 11.8 Å². The van der Waals surface area contributed by atoms with E-state index >= 15 is 0 Å². The van der Waals surface area contributed by atoms with Crippen molar-refractivity contribution in [2.45, 2.75) is 68.6 Å². The van der Waals surface area contributed by atoms with Crippen LogP contribution < -0.4 is 14.2 Å². The molecule has 0 radical (unpaired) electrons. The molecule has 4 aliphatic heterocycles. The number of aliphatic hydroxyl groups is 1. The standard InChI is InChI=1S/C29H28N2O7/c1-27-22(32)14-29(38-27,11-12-35-18-8-9-20-21(13-18)37-16-36-20)24-23(27)25(33)31(26(24)34)28(15-30)10-4-6-17-5-2-3-7-19(17)28/h7-9,13-14,17,32H,2-6,10-12,16H2,1H3. The highest BCUT2D eigenvalue weighted by Gasteiger charge is 2.70. The number of carbonyl (C=O) groups is 2. The van der Waals surface area contributed by atoms with Crippen LogP contribution in [0.5, 0.6) is 17.2 Å². The van der Waals surface area contributed by atoms with Crippen LogP contribution in [0.15, 0.2) is 52.8 Å². The van der Waals surface area contributed by atoms with E-state index in [4.69, 9.17) is 18.9 Å². The lowest BCUT2D eigenvalue weighted by Gasteiger charge is -2.46. The predicted molar refractivity (Wildman–Crippen MR) is 132 cm³/mol. The fourth-order valence-corrected chi connectivity index (χ4v) is 7.26. The number of amides is 2. The third kappa shape index (κ3) is 2.89. The molecule has 2 aliphatic carbocycles. The topological polar surface area (TPSA) is 118 Å². The number of ether oxygens (including phenoxy) is 4. The van der Waals surface area contributed by atoms with Gasteiger partial charge in [-0.3, -0.25) is 14.5 Å². The van der Waals surface area contributed by atoms with Crippen LogP contribution in [0.1, 0.15) is 51.9 Å². The van der Waals surface area contributed by atoms with E-state index < -0.39 is 28.6 Å². The number of fused-ring (bicyclic) bond motifs is 6. The molecule has 9 nitrogen and oxygen atoms in total. The minimum Gasteiger partial charge on any atom is -0.509 e. The van der Waals surface area contributed by atoms with Crippen LogP contribution in [0.3, 0.4) is 0 Å². The summed E-state index contributed by atoms with van der Waals surface area (Å²) in [7, 11) is 0. The van der Waals surface area contributed by atoms with Gasteiger partial charge in [-0.25, -0.2) is 0 Å². The van der Waals surface area contributed by atoms with E-state index in [1.54, 1.807) is 25.1 Å². The van der Waals surface area contributed by atoms with Crippen molar-refractivity contribution < 1.29 is 33.6 Å². The first-order valence-corrected chi connectivity index (χ1v) is 13.2. The first-order valence-electron chi connectivity index (χ1n) is 13.2. The van der Waals surface area contributed by atoms with Gasteiger partial charge >= 0.3 is 0 Å². The summed E-state index contributed by atoms with van der Waals surface area (Å²) in [4.78, 5) is 29.3. The minimum atomic E-state index is -1.44. The van der Waals surface area contributed by atoms with Gasteiger partial charge in [-0.05, 0) is 75.1 Å². The summed E-state index contributed by atoms with van der Waals surface area (Å²) in [5.74, 6) is 0.838. The average Bonchev–Trinajstić information content (AvgIpc) is 3.62. The molecule has 1 saturated carbocycles. The molecule has 0 saturated heterocycles. The second kappa shape index (κ2) is 7.87. The van der Waals surface area contributed by atoms with E-state index in [0.717, 1.165) is 37.7 Å². The van der Waals surface area contributed by atoms with Crippen LogP contribution in [0.25, 0.3) is 0 Å². The van der Waals surface area contributed by atoms with Gasteiger partial charge in [-0.1, -0.05) is 6.08 Å². The SMILES string of the molecule is CC12OC(CCOc3ccc4c(c3)OCO4)(C=C1O)C1=C2C(=O)N(C2(C#N)CCCC3CCCC=C32)C1=O. The third-order valence-corrected chi connectivity index (χ3v) is 9.01. The van der Waals surface area contributed by atoms with E-state index in [-0.39, 0.29) is 42.6 Å². The Bertz CT molecular complexity index is 1420. The monoisotopic (exact) mass is 516 g/mol. The zero-order valence-corrected chi connectivity index (χ0v) is 21.1. The van der Waals surface area contributed by atoms with Crippen LogP contribution in [0, 0.1) is 17.2 Å². The van der Waals surface area contributed by atoms with Crippen molar-refractivity contribution in [3.8, 4) is 23.3 Å². The number of carbonyl (C=O) groups excluding carboxylic acids is 2. The lowest BCUT2D eigenvalue weighted by molar-refractivity contribution is -0.147. The fraction of sp³-hybridized carbons (Fsp3) is 0.483. The first kappa shape index (κ1) is 23.4. The maximum atomic E-state index is 14.1. The van der Waals surface area contributed by atoms with E-state index in [2.05, 4.69) is 12.1 Å². The lowest BCUT2D eigenvalue weighted by Crippen LogP contribution is -2.58. The summed E-state index contributed by atoms with van der Waals surface area (Å²) in [6, 6.07) is 7.65. The molecule has 1 aromatic rings. The Morgan fingerprint density at radius 3 is 2.79 bits per heavy atom. The number of benzene rings is 1. The molecule has 38 heavy (non-hydrogen) atoms. The van der Waals surface area contributed by atoms with Gasteiger partial charge in [0, 0.05) is 12.5 Å². The van der Waals surface area contributed by atoms with Crippen LogP contribution >= 0.6 is 0 Å². The Balaban J connectivity index is 1.20. The Hall–Kier alpha value is -3.77. The number of hydrogen-bond donors (Lipinski definition) is 1. The van der Waals surface area contributed by atoms with Gasteiger partial charge < -0.3 is 24.1 Å². The highest BCUT2D eigenvalue weighted by molar-refractivity contribution is 6.24. The van der Waals surface area contributed by atoms with Crippen LogP contribution in [-0.2, 0) is 14.3 Å². The van der Waals surface area contributed by atoms with Crippen molar-refractivity contribution in [3.63, 3.8) is 0 Å². The molecule has 0 aromatic heterocycles. The van der Waals surface area contributed by atoms with Crippen molar-refractivity contribution in [2.24, 2.45) is 5.92 Å². The third-order valence-electron chi connectivity index (χ3n) is 9.01. The molecule has 6 aliphatic rings. The maximum Gasteiger partial charge on any atom is 0.262 e. The molecule has 4 heterocycles. The molecule has 4 unspecified atom stereocenters. The molecule has 1 aromatic carbocycles. The van der Waals surface area contributed by atoms with Crippen LogP contribution in [-0.4, -0.2) is 52.0 Å². The van der Waals surface area contributed by atoms with E-state index in [1.165, 1.54) is 11.0 Å². The molecule has 2 bridgehead atoms. The molecule has 1 N–H and O–H groups in total. The van der Waals surface area contributed by atoms with Gasteiger partial charge in [0.1, 0.15) is 17.1 Å². The largest absolute Gasteiger partial charge is 0.509 e. The van der Waals surface area contributed by atoms with Gasteiger partial charge in [-0.15, -0.1) is 0 Å². The second-order valence-electron chi connectivity index (χ2n) is 11.0. The fourth-order valence-electron chi connectivity index (χ4n) is 7.26. The molecule has 196 valence electrons. The number of allylic oxidation sites excluding steroid dienone is 1. The summed E-state index contributed by atoms with van der Waals surface area (Å²) in [5.41, 5.74) is -2.82. The number of imide groups is 1. The lowest BCUT2D eigenvalue weighted by atomic mass is 9.67. The maximum absolute atomic E-state index is 14.1. The number of aliphatic hydroxyl groups excluding tert-OH is 1. The van der Waals surface area contributed by atoms with Crippen molar-refractivity contribution in [2.75, 3.05) is 13.4 Å². The van der Waals surface area contributed by atoms with E-state index in [0.29, 0.717) is 23.7 Å². The number of rotatable bonds is 5. The Morgan fingerprint density at radius 2 is 1.95 bits per heavy atom. The smallest absolute Gasteiger partial charge is 0.262 e. The number of nitrogens with zero attached hydrogens (tertiary/aromatic N) is 2. The Morgan fingerprint density at radius 1 is 1.16 bits per heavy atom. The molecule has 7 rings (SSSR count). The summed E-state index contributed by atoms with van der Waals surface area (Å²) in [6.07, 6.45) is 8.77. The van der Waals surface area contributed by atoms with E-state index in [9.17, 15) is 20.0 Å². The number of nitriles is 1. The van der Waals surface area contributed by atoms with Crippen molar-refractivity contribution in [1.29, 1.82) is 5.26 Å². The average molecular weight is 517 g/mol. The zero-order valence-electron chi connectivity index (χ0n) is 21.1. The molecule has 0 spiro atoms. The van der Waals surface area contributed by atoms with Crippen molar-refractivity contribution in [1.82, 2.24) is 4.90 Å². The molecule has 1 fully saturated rings. The number of hydrogen-bond acceptors (Lipinski definition) is 8. The van der Waals surface area contributed by atoms with Crippen LogP contribution in [0.4, 0.5) is 0 Å². The van der Waals surface area contributed by atoms with Gasteiger partial charge in [0.05, 0.1) is 23.8 Å². The normalized spacial score (nSPS) is 34.6. The quantitative estimate of drug-likeness (QED) is 0.461. The Kier molecular flexibility index (Phi) is 4.84. The minimum absolute atomic E-state index is 0.105. The van der Waals surface area contributed by atoms with E-state index in [1.807, 2.05) is 0 Å². The predicted octanol–water partition coefficient (Wildman–Crippen LogP) is 4.01. The Labute approximate surface area is 219 Å². The van der Waals surface area contributed by atoms with Gasteiger partial charge in [0.25, 0.3) is 11.8 Å². The molecular weight excluding hydrogens is 488 g/mol. The van der Waals surface area contributed by atoms with Gasteiger partial charge in [0.2, 0.25) is 6.79 Å². The highest BCUT2D eigenvalue weighted by atomic mass is 16.7. The second-order valence-corrected chi connectivity index (χ2v) is 11.0.